The van der Waals surface area contributed by atoms with E-state index in [1.54, 1.807) is 44.2 Å². The number of amides is 2. The topological polar surface area (TPSA) is 85.4 Å². The van der Waals surface area contributed by atoms with E-state index in [1.807, 2.05) is 4.90 Å². The number of benzene rings is 1. The number of esters is 1. The molecule has 170 valence electrons. The van der Waals surface area contributed by atoms with Gasteiger partial charge in [0.05, 0.1) is 26.7 Å². The van der Waals surface area contributed by atoms with Crippen LogP contribution in [0.3, 0.4) is 0 Å². The van der Waals surface area contributed by atoms with Crippen LogP contribution < -0.4 is 9.47 Å². The Morgan fingerprint density at radius 3 is 1.87 bits per heavy atom. The Bertz CT molecular complexity index is 773. The minimum atomic E-state index is -0.157. The summed E-state index contributed by atoms with van der Waals surface area (Å²) in [5.74, 6) is 0.843. The van der Waals surface area contributed by atoms with E-state index in [1.165, 1.54) is 0 Å². The zero-order chi connectivity index (χ0) is 22.4. The van der Waals surface area contributed by atoms with Crippen LogP contribution in [0.4, 0.5) is 0 Å². The fraction of sp³-hybridized carbons (Fsp3) is 0.609. The third-order valence-corrected chi connectivity index (χ3v) is 6.16. The lowest BCUT2D eigenvalue weighted by Crippen LogP contribution is -2.47. The van der Waals surface area contributed by atoms with Crippen molar-refractivity contribution in [3.63, 3.8) is 0 Å². The summed E-state index contributed by atoms with van der Waals surface area (Å²) < 4.78 is 15.6. The first-order chi connectivity index (χ1) is 15.0. The summed E-state index contributed by atoms with van der Waals surface area (Å²) in [5, 5.41) is 0. The number of carbonyl (C=O) groups excluding carboxylic acids is 3. The van der Waals surface area contributed by atoms with Gasteiger partial charge in [0.15, 0.2) is 0 Å². The van der Waals surface area contributed by atoms with E-state index in [9.17, 15) is 14.4 Å². The predicted molar refractivity (Wildman–Crippen MR) is 114 cm³/mol. The van der Waals surface area contributed by atoms with Crippen LogP contribution in [0.25, 0.3) is 0 Å². The van der Waals surface area contributed by atoms with E-state index < -0.39 is 0 Å². The van der Waals surface area contributed by atoms with Crippen molar-refractivity contribution >= 4 is 17.8 Å². The molecule has 31 heavy (non-hydrogen) atoms. The Kier molecular flexibility index (Phi) is 7.76. The number of piperidine rings is 2. The molecule has 8 heteroatoms. The van der Waals surface area contributed by atoms with Crippen molar-refractivity contribution < 1.29 is 28.6 Å². The fourth-order valence-electron chi connectivity index (χ4n) is 4.30. The zero-order valence-corrected chi connectivity index (χ0v) is 18.6. The minimum absolute atomic E-state index is 0.0805. The van der Waals surface area contributed by atoms with Crippen molar-refractivity contribution in [3.05, 3.63) is 23.8 Å². The first-order valence-electron chi connectivity index (χ1n) is 10.9. The summed E-state index contributed by atoms with van der Waals surface area (Å²) in [6.07, 6.45) is 2.59. The number of rotatable bonds is 6. The zero-order valence-electron chi connectivity index (χ0n) is 18.6. The summed E-state index contributed by atoms with van der Waals surface area (Å²) in [7, 11) is 3.10. The van der Waals surface area contributed by atoms with Crippen LogP contribution in [0.1, 0.15) is 43.0 Å². The average molecular weight is 433 g/mol. The van der Waals surface area contributed by atoms with Crippen LogP contribution in [0.2, 0.25) is 0 Å². The summed E-state index contributed by atoms with van der Waals surface area (Å²) in [5.41, 5.74) is 0.516. The maximum Gasteiger partial charge on any atom is 0.309 e. The molecule has 2 aliphatic heterocycles. The van der Waals surface area contributed by atoms with E-state index in [0.29, 0.717) is 75.5 Å². The van der Waals surface area contributed by atoms with Gasteiger partial charge in [0.1, 0.15) is 11.5 Å². The van der Waals surface area contributed by atoms with Gasteiger partial charge in [-0.1, -0.05) is 0 Å². The number of methoxy groups -OCH3 is 2. The quantitative estimate of drug-likeness (QED) is 0.642. The molecule has 2 aliphatic rings. The largest absolute Gasteiger partial charge is 0.497 e. The lowest BCUT2D eigenvalue weighted by atomic mass is 9.92. The van der Waals surface area contributed by atoms with Gasteiger partial charge in [-0.05, 0) is 44.7 Å². The normalized spacial score (nSPS) is 17.9. The van der Waals surface area contributed by atoms with Crippen molar-refractivity contribution in [3.8, 4) is 11.5 Å². The molecule has 2 saturated heterocycles. The monoisotopic (exact) mass is 432 g/mol. The number of hydrogen-bond donors (Lipinski definition) is 0. The van der Waals surface area contributed by atoms with Crippen molar-refractivity contribution in [2.24, 2.45) is 11.8 Å². The minimum Gasteiger partial charge on any atom is -0.497 e. The number of nitrogens with zero attached hydrogens (tertiary/aromatic N) is 2. The van der Waals surface area contributed by atoms with Gasteiger partial charge in [-0.25, -0.2) is 0 Å². The van der Waals surface area contributed by atoms with Crippen molar-refractivity contribution in [1.29, 1.82) is 0 Å². The molecule has 0 aliphatic carbocycles. The van der Waals surface area contributed by atoms with Gasteiger partial charge in [-0.3, -0.25) is 14.4 Å². The molecule has 1 aromatic rings. The molecule has 0 saturated carbocycles. The lowest BCUT2D eigenvalue weighted by molar-refractivity contribution is -0.152. The van der Waals surface area contributed by atoms with Crippen LogP contribution >= 0.6 is 0 Å². The molecule has 0 spiro atoms. The molecule has 0 N–H and O–H groups in total. The van der Waals surface area contributed by atoms with E-state index >= 15 is 0 Å². The summed E-state index contributed by atoms with van der Waals surface area (Å²) >= 11 is 0. The van der Waals surface area contributed by atoms with Crippen molar-refractivity contribution in [2.45, 2.75) is 32.6 Å². The highest BCUT2D eigenvalue weighted by atomic mass is 16.5. The van der Waals surface area contributed by atoms with Crippen molar-refractivity contribution in [2.75, 3.05) is 47.0 Å². The first-order valence-corrected chi connectivity index (χ1v) is 10.9. The number of carbonyl (C=O) groups is 3. The second-order valence-corrected chi connectivity index (χ2v) is 8.02. The molecule has 0 atom stereocenters. The van der Waals surface area contributed by atoms with Crippen LogP contribution in [-0.4, -0.2) is 74.6 Å². The molecule has 0 bridgehead atoms. The van der Waals surface area contributed by atoms with E-state index in [0.717, 1.165) is 0 Å². The van der Waals surface area contributed by atoms with Gasteiger partial charge in [0.25, 0.3) is 5.91 Å². The Hall–Kier alpha value is -2.77. The molecular weight excluding hydrogens is 400 g/mol. The molecular formula is C23H32N2O6. The number of likely N-dealkylation sites (tertiary alicyclic amines) is 2. The fourth-order valence-corrected chi connectivity index (χ4v) is 4.30. The summed E-state index contributed by atoms with van der Waals surface area (Å²) in [4.78, 5) is 41.4. The van der Waals surface area contributed by atoms with Crippen LogP contribution in [0, 0.1) is 11.8 Å². The molecule has 8 nitrogen and oxygen atoms in total. The van der Waals surface area contributed by atoms with E-state index in [2.05, 4.69) is 0 Å². The van der Waals surface area contributed by atoms with Crippen LogP contribution in [0.15, 0.2) is 18.2 Å². The SMILES string of the molecule is CCOC(=O)C1CCN(C(=O)C2CCN(C(=O)c3cc(OC)cc(OC)c3)CC2)CC1. The third kappa shape index (κ3) is 5.48. The van der Waals surface area contributed by atoms with Crippen LogP contribution in [0.5, 0.6) is 11.5 Å². The Morgan fingerprint density at radius 2 is 1.35 bits per heavy atom. The maximum atomic E-state index is 12.9. The number of ether oxygens (including phenoxy) is 3. The molecule has 2 fully saturated rings. The van der Waals surface area contributed by atoms with Gasteiger partial charge in [0, 0.05) is 43.7 Å². The molecule has 2 heterocycles. The summed E-state index contributed by atoms with van der Waals surface area (Å²) in [6, 6.07) is 5.14. The number of hydrogen-bond acceptors (Lipinski definition) is 6. The predicted octanol–water partition coefficient (Wildman–Crippen LogP) is 2.36. The molecule has 0 aromatic heterocycles. The lowest BCUT2D eigenvalue weighted by Gasteiger charge is -2.37. The second-order valence-electron chi connectivity index (χ2n) is 8.02. The smallest absolute Gasteiger partial charge is 0.309 e. The van der Waals surface area contributed by atoms with E-state index in [4.69, 9.17) is 14.2 Å². The Morgan fingerprint density at radius 1 is 0.839 bits per heavy atom. The molecule has 0 radical (unpaired) electrons. The summed E-state index contributed by atoms with van der Waals surface area (Å²) in [6.45, 7) is 4.44. The van der Waals surface area contributed by atoms with Gasteiger partial charge in [-0.15, -0.1) is 0 Å². The van der Waals surface area contributed by atoms with E-state index in [-0.39, 0.29) is 29.6 Å². The highest BCUT2D eigenvalue weighted by molar-refractivity contribution is 5.95. The molecule has 2 amide bonds. The van der Waals surface area contributed by atoms with Crippen molar-refractivity contribution in [1.82, 2.24) is 9.80 Å². The molecule has 3 rings (SSSR count). The van der Waals surface area contributed by atoms with Gasteiger partial charge in [-0.2, -0.15) is 0 Å². The van der Waals surface area contributed by atoms with Gasteiger partial charge >= 0.3 is 5.97 Å². The average Bonchev–Trinajstić information content (AvgIpc) is 2.83. The molecule has 1 aromatic carbocycles. The highest BCUT2D eigenvalue weighted by Crippen LogP contribution is 2.27. The maximum absolute atomic E-state index is 12.9. The molecule has 0 unspecified atom stereocenters. The first kappa shape index (κ1) is 22.9. The van der Waals surface area contributed by atoms with Gasteiger partial charge < -0.3 is 24.0 Å². The second kappa shape index (κ2) is 10.5. The Labute approximate surface area is 183 Å². The standard InChI is InChI=1S/C23H32N2O6/c1-4-31-23(28)17-7-11-24(12-8-17)21(26)16-5-9-25(10-6-16)22(27)18-13-19(29-2)15-20(14-18)30-3/h13-17H,4-12H2,1-3H3. The third-order valence-electron chi connectivity index (χ3n) is 6.16. The van der Waals surface area contributed by atoms with Gasteiger partial charge in [0.2, 0.25) is 5.91 Å². The van der Waals surface area contributed by atoms with Crippen LogP contribution in [-0.2, 0) is 14.3 Å². The Balaban J connectivity index is 1.52. The highest BCUT2D eigenvalue weighted by Gasteiger charge is 2.34.